The lowest BCUT2D eigenvalue weighted by Crippen LogP contribution is -2.56. The van der Waals surface area contributed by atoms with Crippen LogP contribution < -0.4 is 10.6 Å². The van der Waals surface area contributed by atoms with Crippen molar-refractivity contribution in [1.29, 1.82) is 0 Å². The van der Waals surface area contributed by atoms with Gasteiger partial charge in [0.15, 0.2) is 0 Å². The lowest BCUT2D eigenvalue weighted by molar-refractivity contribution is -0.143. The van der Waals surface area contributed by atoms with E-state index in [0.717, 1.165) is 0 Å². The molecule has 2 aromatic rings. The fourth-order valence-corrected chi connectivity index (χ4v) is 5.18. The fraction of sp³-hybridized carbons (Fsp3) is 0.429. The Labute approximate surface area is 230 Å². The number of amides is 3. The standard InChI is InChI=1S/C28H33N3O7S/c1-16(2)24(28(38)31-12-4-6-21(31)27(37)29-20(15-32)14-23(33)34)30-26(36)17(3)18-8-10-19(11-9-18)25(35)22-7-5-13-39-22/h5,7-11,13,15-17,20-21,24H,4,6,12,14H2,1-3H3,(H,29,37)(H,30,36)(H,33,34)/t17?,20-,21-,24-/m0/s1. The molecule has 11 heteroatoms. The zero-order valence-electron chi connectivity index (χ0n) is 22.1. The van der Waals surface area contributed by atoms with Crippen LogP contribution in [0.2, 0.25) is 0 Å². The van der Waals surface area contributed by atoms with Gasteiger partial charge in [0, 0.05) is 12.1 Å². The highest BCUT2D eigenvalue weighted by Crippen LogP contribution is 2.23. The summed E-state index contributed by atoms with van der Waals surface area (Å²) in [6, 6.07) is 7.41. The van der Waals surface area contributed by atoms with Crippen LogP contribution in [-0.4, -0.2) is 70.4 Å². The number of rotatable bonds is 12. The van der Waals surface area contributed by atoms with Crippen molar-refractivity contribution in [2.75, 3.05) is 6.54 Å². The van der Waals surface area contributed by atoms with Crippen molar-refractivity contribution in [2.45, 2.75) is 64.1 Å². The third-order valence-corrected chi connectivity index (χ3v) is 7.64. The zero-order valence-corrected chi connectivity index (χ0v) is 22.9. The molecule has 0 aliphatic carbocycles. The summed E-state index contributed by atoms with van der Waals surface area (Å²) in [6.45, 7) is 5.59. The monoisotopic (exact) mass is 555 g/mol. The summed E-state index contributed by atoms with van der Waals surface area (Å²) >= 11 is 1.36. The average Bonchev–Trinajstić information content (AvgIpc) is 3.62. The van der Waals surface area contributed by atoms with Crippen LogP contribution >= 0.6 is 11.3 Å². The molecule has 1 saturated heterocycles. The highest BCUT2D eigenvalue weighted by Gasteiger charge is 2.39. The first kappa shape index (κ1) is 29.7. The molecule has 3 rings (SSSR count). The molecule has 0 spiro atoms. The van der Waals surface area contributed by atoms with Gasteiger partial charge in [0.25, 0.3) is 0 Å². The van der Waals surface area contributed by atoms with Crippen LogP contribution in [0.5, 0.6) is 0 Å². The number of hydrogen-bond acceptors (Lipinski definition) is 7. The van der Waals surface area contributed by atoms with E-state index in [0.29, 0.717) is 41.7 Å². The second kappa shape index (κ2) is 13.3. The summed E-state index contributed by atoms with van der Waals surface area (Å²) in [7, 11) is 0. The summed E-state index contributed by atoms with van der Waals surface area (Å²) in [5, 5.41) is 16.0. The predicted molar refractivity (Wildman–Crippen MR) is 144 cm³/mol. The summed E-state index contributed by atoms with van der Waals surface area (Å²) in [6.07, 6.45) is 0.722. The number of thiophene rings is 1. The molecule has 0 bridgehead atoms. The Kier molecular flexibility index (Phi) is 10.1. The number of likely N-dealkylation sites (tertiary alicyclic amines) is 1. The number of hydrogen-bond donors (Lipinski definition) is 3. The minimum Gasteiger partial charge on any atom is -0.481 e. The van der Waals surface area contributed by atoms with Crippen molar-refractivity contribution in [2.24, 2.45) is 5.92 Å². The third-order valence-electron chi connectivity index (χ3n) is 6.77. The number of carbonyl (C=O) groups excluding carboxylic acids is 5. The minimum atomic E-state index is -1.23. The van der Waals surface area contributed by atoms with Gasteiger partial charge in [-0.2, -0.15) is 0 Å². The van der Waals surface area contributed by atoms with Crippen LogP contribution in [0.25, 0.3) is 0 Å². The molecule has 10 nitrogen and oxygen atoms in total. The number of nitrogens with one attached hydrogen (secondary N) is 2. The van der Waals surface area contributed by atoms with Crippen molar-refractivity contribution >= 4 is 47.1 Å². The molecule has 1 aliphatic rings. The summed E-state index contributed by atoms with van der Waals surface area (Å²) in [5.74, 6) is -3.59. The number of nitrogens with zero attached hydrogens (tertiary/aromatic N) is 1. The Hall–Kier alpha value is -3.86. The van der Waals surface area contributed by atoms with Crippen molar-refractivity contribution < 1.29 is 33.9 Å². The molecule has 1 aliphatic heterocycles. The summed E-state index contributed by atoms with van der Waals surface area (Å²) < 4.78 is 0. The highest BCUT2D eigenvalue weighted by atomic mass is 32.1. The Morgan fingerprint density at radius 2 is 1.77 bits per heavy atom. The SMILES string of the molecule is CC(C(=O)N[C@H](C(=O)N1CCC[C@H]1C(=O)N[C@H](C=O)CC(=O)O)C(C)C)c1ccc(C(=O)c2cccs2)cc1. The topological polar surface area (TPSA) is 150 Å². The van der Waals surface area contributed by atoms with E-state index in [1.165, 1.54) is 16.2 Å². The van der Waals surface area contributed by atoms with Gasteiger partial charge in [-0.25, -0.2) is 0 Å². The number of benzene rings is 1. The number of carboxylic acid groups (broad SMARTS) is 1. The normalized spacial score (nSPS) is 17.2. The van der Waals surface area contributed by atoms with Gasteiger partial charge in [-0.05, 0) is 42.7 Å². The number of aldehydes is 1. The smallest absolute Gasteiger partial charge is 0.305 e. The van der Waals surface area contributed by atoms with Crippen LogP contribution in [0.15, 0.2) is 41.8 Å². The first-order chi connectivity index (χ1) is 18.5. The van der Waals surface area contributed by atoms with Gasteiger partial charge in [0.1, 0.15) is 18.4 Å². The predicted octanol–water partition coefficient (Wildman–Crippen LogP) is 2.37. The van der Waals surface area contributed by atoms with Gasteiger partial charge < -0.3 is 25.4 Å². The van der Waals surface area contributed by atoms with E-state index in [4.69, 9.17) is 5.11 Å². The molecule has 1 fully saturated rings. The molecule has 208 valence electrons. The van der Waals surface area contributed by atoms with Gasteiger partial charge in [-0.3, -0.25) is 24.0 Å². The largest absolute Gasteiger partial charge is 0.481 e. The highest BCUT2D eigenvalue weighted by molar-refractivity contribution is 7.12. The van der Waals surface area contributed by atoms with Crippen molar-refractivity contribution in [3.63, 3.8) is 0 Å². The van der Waals surface area contributed by atoms with Crippen molar-refractivity contribution in [3.05, 3.63) is 57.8 Å². The summed E-state index contributed by atoms with van der Waals surface area (Å²) in [5.41, 5.74) is 1.20. The first-order valence-electron chi connectivity index (χ1n) is 12.8. The Morgan fingerprint density at radius 3 is 2.33 bits per heavy atom. The van der Waals surface area contributed by atoms with Gasteiger partial charge in [0.05, 0.1) is 23.3 Å². The lowest BCUT2D eigenvalue weighted by Gasteiger charge is -2.31. The van der Waals surface area contributed by atoms with Crippen molar-refractivity contribution in [3.8, 4) is 0 Å². The van der Waals surface area contributed by atoms with Gasteiger partial charge >= 0.3 is 5.97 Å². The molecule has 1 aromatic heterocycles. The Balaban J connectivity index is 1.67. The van der Waals surface area contributed by atoms with Crippen LogP contribution in [0.1, 0.15) is 66.8 Å². The van der Waals surface area contributed by atoms with Gasteiger partial charge in [-0.15, -0.1) is 11.3 Å². The Bertz CT molecular complexity index is 1210. The van der Waals surface area contributed by atoms with Crippen LogP contribution in [-0.2, 0) is 24.0 Å². The molecule has 4 atom stereocenters. The van der Waals surface area contributed by atoms with E-state index < -0.39 is 48.2 Å². The first-order valence-corrected chi connectivity index (χ1v) is 13.7. The maximum Gasteiger partial charge on any atom is 0.305 e. The van der Waals surface area contributed by atoms with E-state index in [1.807, 2.05) is 11.4 Å². The van der Waals surface area contributed by atoms with E-state index >= 15 is 0 Å². The van der Waals surface area contributed by atoms with Crippen LogP contribution in [0.4, 0.5) is 0 Å². The van der Waals surface area contributed by atoms with E-state index in [-0.39, 0.29) is 17.6 Å². The number of carbonyl (C=O) groups is 6. The number of ketones is 1. The quantitative estimate of drug-likeness (QED) is 0.269. The fourth-order valence-electron chi connectivity index (χ4n) is 4.50. The third kappa shape index (κ3) is 7.38. The van der Waals surface area contributed by atoms with Gasteiger partial charge in [-0.1, -0.05) is 44.2 Å². The van der Waals surface area contributed by atoms with E-state index in [9.17, 15) is 28.8 Å². The van der Waals surface area contributed by atoms with E-state index in [2.05, 4.69) is 10.6 Å². The molecule has 3 amide bonds. The molecule has 0 saturated carbocycles. The van der Waals surface area contributed by atoms with Gasteiger partial charge in [0.2, 0.25) is 23.5 Å². The molecular weight excluding hydrogens is 522 g/mol. The zero-order chi connectivity index (χ0) is 28.7. The molecule has 1 unspecified atom stereocenters. The molecular formula is C28H33N3O7S. The Morgan fingerprint density at radius 1 is 1.08 bits per heavy atom. The van der Waals surface area contributed by atoms with E-state index in [1.54, 1.807) is 51.1 Å². The maximum atomic E-state index is 13.5. The van der Waals surface area contributed by atoms with Crippen LogP contribution in [0, 0.1) is 5.92 Å². The number of aliphatic carboxylic acids is 1. The number of carboxylic acids is 1. The van der Waals surface area contributed by atoms with Crippen LogP contribution in [0.3, 0.4) is 0 Å². The van der Waals surface area contributed by atoms with Crippen molar-refractivity contribution in [1.82, 2.24) is 15.5 Å². The molecule has 2 heterocycles. The maximum absolute atomic E-state index is 13.5. The minimum absolute atomic E-state index is 0.0919. The average molecular weight is 556 g/mol. The lowest BCUT2D eigenvalue weighted by atomic mass is 9.96. The molecule has 1 aromatic carbocycles. The molecule has 3 N–H and O–H groups in total. The second-order valence-electron chi connectivity index (χ2n) is 9.92. The summed E-state index contributed by atoms with van der Waals surface area (Å²) in [4.78, 5) is 76.2. The molecule has 0 radical (unpaired) electrons. The second-order valence-corrected chi connectivity index (χ2v) is 10.9. The molecule has 39 heavy (non-hydrogen) atoms.